The number of carbonyl (C=O) groups is 1. The molecule has 2 N–H and O–H groups in total. The third-order valence-corrected chi connectivity index (χ3v) is 5.54. The predicted octanol–water partition coefficient (Wildman–Crippen LogP) is 6.44. The van der Waals surface area contributed by atoms with Crippen molar-refractivity contribution in [1.82, 2.24) is 9.97 Å². The Balaban J connectivity index is 1.90. The van der Waals surface area contributed by atoms with Gasteiger partial charge in [0.05, 0.1) is 35.6 Å². The van der Waals surface area contributed by atoms with Crippen LogP contribution in [0.25, 0.3) is 11.9 Å². The van der Waals surface area contributed by atoms with Gasteiger partial charge >= 0.3 is 0 Å². The number of rotatable bonds is 8. The molecule has 0 unspecified atom stereocenters. The van der Waals surface area contributed by atoms with Crippen molar-refractivity contribution in [3.63, 3.8) is 0 Å². The van der Waals surface area contributed by atoms with Gasteiger partial charge in [0, 0.05) is 29.6 Å². The van der Waals surface area contributed by atoms with E-state index in [1.54, 1.807) is 12.1 Å². The monoisotopic (exact) mass is 502 g/mol. The van der Waals surface area contributed by atoms with Crippen LogP contribution in [0.3, 0.4) is 0 Å². The van der Waals surface area contributed by atoms with Gasteiger partial charge in [-0.1, -0.05) is 41.9 Å². The number of nitrogens with zero attached hydrogens (tertiary/aromatic N) is 2. The maximum absolute atomic E-state index is 15.0. The highest BCUT2D eigenvalue weighted by Gasteiger charge is 2.17. The lowest BCUT2D eigenvalue weighted by Gasteiger charge is -2.14. The number of amides is 1. The van der Waals surface area contributed by atoms with Gasteiger partial charge in [-0.3, -0.25) is 4.79 Å². The zero-order valence-corrected chi connectivity index (χ0v) is 20.1. The molecule has 3 rings (SSSR count). The molecular weight excluding hydrogens is 482 g/mol. The molecule has 0 saturated carbocycles. The van der Waals surface area contributed by atoms with Crippen molar-refractivity contribution >= 4 is 58.3 Å². The summed E-state index contributed by atoms with van der Waals surface area (Å²) in [5, 5.41) is 6.03. The fourth-order valence-corrected chi connectivity index (χ4v) is 3.60. The van der Waals surface area contributed by atoms with Gasteiger partial charge in [0.25, 0.3) is 0 Å². The van der Waals surface area contributed by atoms with Gasteiger partial charge < -0.3 is 20.1 Å². The first-order valence-corrected chi connectivity index (χ1v) is 10.6. The van der Waals surface area contributed by atoms with Crippen LogP contribution in [0, 0.1) is 6.92 Å². The Hall–Kier alpha value is -3.62. The molecule has 0 radical (unpaired) electrons. The lowest BCUT2D eigenvalue weighted by molar-refractivity contribution is -0.111. The minimum atomic E-state index is -0.666. The number of aryl methyl sites for hydroxylation is 1. The molecule has 176 valence electrons. The number of ether oxygens (including phenoxy) is 2. The third-order valence-electron chi connectivity index (χ3n) is 4.76. The van der Waals surface area contributed by atoms with Crippen LogP contribution in [0.2, 0.25) is 10.0 Å². The largest absolute Gasteiger partial charge is 0.495 e. The van der Waals surface area contributed by atoms with E-state index in [4.69, 9.17) is 32.7 Å². The zero-order chi connectivity index (χ0) is 24.8. The lowest BCUT2D eigenvalue weighted by atomic mass is 10.1. The highest BCUT2D eigenvalue weighted by Crippen LogP contribution is 2.42. The number of nitrogens with one attached hydrogen (secondary N) is 2. The Morgan fingerprint density at radius 1 is 1.12 bits per heavy atom. The van der Waals surface area contributed by atoms with Crippen molar-refractivity contribution < 1.29 is 18.7 Å². The van der Waals surface area contributed by atoms with E-state index < -0.39 is 5.83 Å². The van der Waals surface area contributed by atoms with E-state index in [0.717, 1.165) is 11.6 Å². The molecule has 0 bridgehead atoms. The number of anilines is 3. The first-order chi connectivity index (χ1) is 16.3. The quantitative estimate of drug-likeness (QED) is 0.344. The Morgan fingerprint density at radius 2 is 1.74 bits per heavy atom. The van der Waals surface area contributed by atoms with E-state index in [1.165, 1.54) is 38.8 Å². The van der Waals surface area contributed by atoms with Crippen molar-refractivity contribution in [2.24, 2.45) is 0 Å². The molecule has 0 saturated heterocycles. The zero-order valence-electron chi connectivity index (χ0n) is 18.6. The van der Waals surface area contributed by atoms with Crippen LogP contribution in [0.5, 0.6) is 11.5 Å². The van der Waals surface area contributed by atoms with Crippen LogP contribution in [0.1, 0.15) is 16.7 Å². The molecule has 1 aromatic heterocycles. The summed E-state index contributed by atoms with van der Waals surface area (Å²) in [6.07, 6.45) is 4.94. The van der Waals surface area contributed by atoms with E-state index in [-0.39, 0.29) is 44.5 Å². The lowest BCUT2D eigenvalue weighted by Crippen LogP contribution is -2.10. The van der Waals surface area contributed by atoms with E-state index in [0.29, 0.717) is 11.4 Å². The molecule has 0 aliphatic heterocycles. The van der Waals surface area contributed by atoms with Crippen molar-refractivity contribution in [3.05, 3.63) is 76.0 Å². The smallest absolute Gasteiger partial charge is 0.247 e. The van der Waals surface area contributed by atoms with Gasteiger partial charge in [0.15, 0.2) is 0 Å². The number of hydrogen-bond donors (Lipinski definition) is 2. The SMILES string of the molecule is C=CC(=O)Nc1cccc(C)c1Nc1ncc(/C(F)=C/c2c(Cl)c(OC)cc(OC)c2Cl)cn1. The first-order valence-electron chi connectivity index (χ1n) is 9.88. The van der Waals surface area contributed by atoms with Gasteiger partial charge in [-0.15, -0.1) is 0 Å². The molecule has 0 aliphatic carbocycles. The normalized spacial score (nSPS) is 11.1. The second-order valence-electron chi connectivity index (χ2n) is 6.93. The number of para-hydroxylation sites is 1. The standard InChI is InChI=1S/C24H21Cl2FN4O3/c1-5-20(32)30-17-8-6-7-13(2)23(17)31-24-28-11-14(12-29-24)16(27)9-15-21(25)18(33-3)10-19(34-4)22(15)26/h5-12H,1H2,2-4H3,(H,30,32)(H,28,29,31)/b16-9-. The highest BCUT2D eigenvalue weighted by atomic mass is 35.5. The Kier molecular flexibility index (Phi) is 8.09. The average molecular weight is 503 g/mol. The van der Waals surface area contributed by atoms with Gasteiger partial charge in [0.2, 0.25) is 11.9 Å². The summed E-state index contributed by atoms with van der Waals surface area (Å²) < 4.78 is 25.4. The van der Waals surface area contributed by atoms with E-state index >= 15 is 4.39 Å². The van der Waals surface area contributed by atoms with Gasteiger partial charge in [-0.25, -0.2) is 14.4 Å². The van der Waals surface area contributed by atoms with Crippen LogP contribution in [-0.2, 0) is 4.79 Å². The Morgan fingerprint density at radius 3 is 2.29 bits per heavy atom. The molecule has 0 aliphatic rings. The summed E-state index contributed by atoms with van der Waals surface area (Å²) in [5.41, 5.74) is 2.27. The fraction of sp³-hybridized carbons (Fsp3) is 0.125. The van der Waals surface area contributed by atoms with E-state index in [1.807, 2.05) is 13.0 Å². The maximum Gasteiger partial charge on any atom is 0.247 e. The number of methoxy groups -OCH3 is 2. The van der Waals surface area contributed by atoms with E-state index in [2.05, 4.69) is 27.2 Å². The molecule has 10 heteroatoms. The summed E-state index contributed by atoms with van der Waals surface area (Å²) in [4.78, 5) is 20.1. The van der Waals surface area contributed by atoms with Crippen LogP contribution in [0.15, 0.2) is 49.3 Å². The molecule has 0 atom stereocenters. The third kappa shape index (κ3) is 5.47. The van der Waals surface area contributed by atoms with Gasteiger partial charge in [-0.05, 0) is 30.7 Å². The van der Waals surface area contributed by atoms with Crippen molar-refractivity contribution in [2.45, 2.75) is 6.92 Å². The number of halogens is 3. The summed E-state index contributed by atoms with van der Waals surface area (Å²) in [6, 6.07) is 6.90. The topological polar surface area (TPSA) is 85.4 Å². The summed E-state index contributed by atoms with van der Waals surface area (Å²) in [5.74, 6) is -0.242. The first kappa shape index (κ1) is 25.0. The number of hydrogen-bond acceptors (Lipinski definition) is 6. The average Bonchev–Trinajstić information content (AvgIpc) is 2.84. The second kappa shape index (κ2) is 11.0. The molecular formula is C24H21Cl2FN4O3. The van der Waals surface area contributed by atoms with Gasteiger partial charge in [0.1, 0.15) is 17.3 Å². The van der Waals surface area contributed by atoms with E-state index in [9.17, 15) is 4.79 Å². The minimum absolute atomic E-state index is 0.101. The Labute approximate surface area is 206 Å². The molecule has 7 nitrogen and oxygen atoms in total. The van der Waals surface area contributed by atoms with Crippen molar-refractivity contribution in [2.75, 3.05) is 24.9 Å². The van der Waals surface area contributed by atoms with Gasteiger partial charge in [-0.2, -0.15) is 0 Å². The fourth-order valence-electron chi connectivity index (χ4n) is 2.99. The maximum atomic E-state index is 15.0. The second-order valence-corrected chi connectivity index (χ2v) is 7.68. The minimum Gasteiger partial charge on any atom is -0.495 e. The number of benzene rings is 2. The highest BCUT2D eigenvalue weighted by molar-refractivity contribution is 6.39. The summed E-state index contributed by atoms with van der Waals surface area (Å²) >= 11 is 12.6. The van der Waals surface area contributed by atoms with Crippen molar-refractivity contribution in [1.29, 1.82) is 0 Å². The van der Waals surface area contributed by atoms with Crippen LogP contribution >= 0.6 is 23.2 Å². The molecule has 1 amide bonds. The van der Waals surface area contributed by atoms with Crippen LogP contribution in [0.4, 0.5) is 21.7 Å². The van der Waals surface area contributed by atoms with Crippen LogP contribution in [-0.4, -0.2) is 30.1 Å². The molecule has 34 heavy (non-hydrogen) atoms. The number of aromatic nitrogens is 2. The summed E-state index contributed by atoms with van der Waals surface area (Å²) in [6.45, 7) is 5.31. The number of carbonyl (C=O) groups excluding carboxylic acids is 1. The predicted molar refractivity (Wildman–Crippen MR) is 134 cm³/mol. The molecule has 1 heterocycles. The molecule has 0 fully saturated rings. The van der Waals surface area contributed by atoms with Crippen LogP contribution < -0.4 is 20.1 Å². The van der Waals surface area contributed by atoms with Crippen molar-refractivity contribution in [3.8, 4) is 11.5 Å². The Bertz CT molecular complexity index is 1240. The molecule has 0 spiro atoms. The molecule has 2 aromatic carbocycles. The summed E-state index contributed by atoms with van der Waals surface area (Å²) in [7, 11) is 2.86. The molecule has 3 aromatic rings.